The van der Waals surface area contributed by atoms with Crippen LogP contribution in [0.1, 0.15) is 16.9 Å². The highest BCUT2D eigenvalue weighted by Crippen LogP contribution is 2.21. The van der Waals surface area contributed by atoms with E-state index < -0.39 is 0 Å². The second kappa shape index (κ2) is 7.81. The molecular formula is C19H22N4O2. The predicted molar refractivity (Wildman–Crippen MR) is 96.8 cm³/mol. The largest absolute Gasteiger partial charge is 0.385 e. The Bertz CT molecular complexity index is 836. The molecule has 3 aromatic rings. The number of hydrogen-bond acceptors (Lipinski definition) is 3. The summed E-state index contributed by atoms with van der Waals surface area (Å²) in [6.45, 7) is 1.18. The van der Waals surface area contributed by atoms with Gasteiger partial charge in [0.1, 0.15) is 11.4 Å². The van der Waals surface area contributed by atoms with Gasteiger partial charge in [-0.1, -0.05) is 18.2 Å². The summed E-state index contributed by atoms with van der Waals surface area (Å²) >= 11 is 0. The average Bonchev–Trinajstić information content (AvgIpc) is 3.25. The summed E-state index contributed by atoms with van der Waals surface area (Å²) in [6.07, 6.45) is 2.73. The molecule has 0 spiro atoms. The Labute approximate surface area is 147 Å². The normalized spacial score (nSPS) is 10.8. The van der Waals surface area contributed by atoms with E-state index in [1.54, 1.807) is 11.8 Å². The fourth-order valence-electron chi connectivity index (χ4n) is 2.67. The van der Waals surface area contributed by atoms with E-state index in [9.17, 15) is 4.79 Å². The molecule has 0 aliphatic carbocycles. The van der Waals surface area contributed by atoms with Crippen molar-refractivity contribution < 1.29 is 9.53 Å². The summed E-state index contributed by atoms with van der Waals surface area (Å²) in [6, 6.07) is 15.4. The number of para-hydroxylation sites is 1. The maximum Gasteiger partial charge on any atom is 0.270 e. The van der Waals surface area contributed by atoms with Crippen molar-refractivity contribution in [2.45, 2.75) is 6.42 Å². The molecule has 3 rings (SSSR count). The highest BCUT2D eigenvalue weighted by atomic mass is 16.5. The molecule has 2 aromatic heterocycles. The lowest BCUT2D eigenvalue weighted by Crippen LogP contribution is -2.27. The van der Waals surface area contributed by atoms with E-state index in [1.807, 2.05) is 66.3 Å². The molecule has 25 heavy (non-hydrogen) atoms. The molecule has 1 aromatic carbocycles. The Kier molecular flexibility index (Phi) is 5.30. The Morgan fingerprint density at radius 3 is 2.68 bits per heavy atom. The Morgan fingerprint density at radius 1 is 1.20 bits per heavy atom. The highest BCUT2D eigenvalue weighted by molar-refractivity contribution is 5.94. The SMILES string of the molecule is COCCCNC(=O)c1cc(-c2cccn2C)nn1-c1ccccc1. The minimum absolute atomic E-state index is 0.145. The maximum absolute atomic E-state index is 12.7. The number of rotatable bonds is 7. The summed E-state index contributed by atoms with van der Waals surface area (Å²) in [7, 11) is 3.61. The molecule has 1 amide bonds. The van der Waals surface area contributed by atoms with Crippen LogP contribution >= 0.6 is 0 Å². The molecule has 0 atom stereocenters. The lowest BCUT2D eigenvalue weighted by atomic mass is 10.2. The number of hydrogen-bond donors (Lipinski definition) is 1. The molecular weight excluding hydrogens is 316 g/mol. The van der Waals surface area contributed by atoms with Gasteiger partial charge in [-0.15, -0.1) is 0 Å². The number of aryl methyl sites for hydroxylation is 1. The van der Waals surface area contributed by atoms with Crippen molar-refractivity contribution in [3.8, 4) is 17.1 Å². The number of nitrogens with zero attached hydrogens (tertiary/aromatic N) is 3. The summed E-state index contributed by atoms with van der Waals surface area (Å²) < 4.78 is 8.69. The quantitative estimate of drug-likeness (QED) is 0.674. The van der Waals surface area contributed by atoms with E-state index in [4.69, 9.17) is 4.74 Å². The zero-order valence-corrected chi connectivity index (χ0v) is 14.5. The molecule has 0 bridgehead atoms. The minimum atomic E-state index is -0.145. The van der Waals surface area contributed by atoms with Crippen molar-refractivity contribution in [1.82, 2.24) is 19.7 Å². The van der Waals surface area contributed by atoms with E-state index in [0.29, 0.717) is 18.8 Å². The second-order valence-electron chi connectivity index (χ2n) is 5.77. The van der Waals surface area contributed by atoms with Gasteiger partial charge in [-0.2, -0.15) is 5.10 Å². The van der Waals surface area contributed by atoms with Crippen LogP contribution in [0.2, 0.25) is 0 Å². The van der Waals surface area contributed by atoms with E-state index in [2.05, 4.69) is 10.4 Å². The molecule has 6 heteroatoms. The monoisotopic (exact) mass is 338 g/mol. The molecule has 6 nitrogen and oxygen atoms in total. The van der Waals surface area contributed by atoms with E-state index in [-0.39, 0.29) is 5.91 Å². The molecule has 0 fully saturated rings. The zero-order valence-electron chi connectivity index (χ0n) is 14.5. The average molecular weight is 338 g/mol. The summed E-state index contributed by atoms with van der Waals surface area (Å²) in [4.78, 5) is 12.7. The van der Waals surface area contributed by atoms with Crippen molar-refractivity contribution in [2.24, 2.45) is 7.05 Å². The first-order valence-electron chi connectivity index (χ1n) is 8.25. The fraction of sp³-hybridized carbons (Fsp3) is 0.263. The number of benzene rings is 1. The Morgan fingerprint density at radius 2 is 2.00 bits per heavy atom. The van der Waals surface area contributed by atoms with E-state index >= 15 is 0 Å². The van der Waals surface area contributed by atoms with Crippen LogP contribution in [0.3, 0.4) is 0 Å². The molecule has 0 saturated carbocycles. The fourth-order valence-corrected chi connectivity index (χ4v) is 2.67. The topological polar surface area (TPSA) is 61.1 Å². The van der Waals surface area contributed by atoms with Gasteiger partial charge >= 0.3 is 0 Å². The highest BCUT2D eigenvalue weighted by Gasteiger charge is 2.18. The molecule has 0 radical (unpaired) electrons. The maximum atomic E-state index is 12.7. The van der Waals surface area contributed by atoms with Crippen molar-refractivity contribution in [3.63, 3.8) is 0 Å². The minimum Gasteiger partial charge on any atom is -0.385 e. The number of nitrogens with one attached hydrogen (secondary N) is 1. The van der Waals surface area contributed by atoms with Crippen molar-refractivity contribution >= 4 is 5.91 Å². The van der Waals surface area contributed by atoms with Gasteiger partial charge in [0.05, 0.1) is 11.4 Å². The number of aromatic nitrogens is 3. The van der Waals surface area contributed by atoms with Crippen LogP contribution in [-0.2, 0) is 11.8 Å². The van der Waals surface area contributed by atoms with Gasteiger partial charge in [0, 0.05) is 33.5 Å². The molecule has 0 saturated heterocycles. The number of carbonyl (C=O) groups is 1. The van der Waals surface area contributed by atoms with Crippen LogP contribution in [0.4, 0.5) is 0 Å². The van der Waals surface area contributed by atoms with Crippen LogP contribution in [-0.4, -0.2) is 40.5 Å². The number of amides is 1. The third-order valence-electron chi connectivity index (χ3n) is 3.96. The van der Waals surface area contributed by atoms with Gasteiger partial charge < -0.3 is 14.6 Å². The number of methoxy groups -OCH3 is 1. The summed E-state index contributed by atoms with van der Waals surface area (Å²) in [5.41, 5.74) is 3.09. The first-order chi connectivity index (χ1) is 12.2. The molecule has 0 unspecified atom stereocenters. The molecule has 0 aliphatic heterocycles. The van der Waals surface area contributed by atoms with Crippen LogP contribution in [0.5, 0.6) is 0 Å². The Balaban J connectivity index is 1.93. The van der Waals surface area contributed by atoms with E-state index in [0.717, 1.165) is 23.5 Å². The third-order valence-corrected chi connectivity index (χ3v) is 3.96. The van der Waals surface area contributed by atoms with Crippen LogP contribution in [0.15, 0.2) is 54.7 Å². The van der Waals surface area contributed by atoms with Gasteiger partial charge in [0.15, 0.2) is 0 Å². The van der Waals surface area contributed by atoms with Gasteiger partial charge in [-0.05, 0) is 36.8 Å². The van der Waals surface area contributed by atoms with Crippen LogP contribution in [0.25, 0.3) is 17.1 Å². The van der Waals surface area contributed by atoms with Crippen LogP contribution in [0, 0.1) is 0 Å². The number of ether oxygens (including phenoxy) is 1. The standard InChI is InChI=1S/C19H22N4O2/c1-22-12-6-10-17(22)16-14-18(19(24)20-11-7-13-25-2)23(21-16)15-8-4-3-5-9-15/h3-6,8-10,12,14H,7,11,13H2,1-2H3,(H,20,24). The van der Waals surface area contributed by atoms with Crippen molar-refractivity contribution in [3.05, 3.63) is 60.4 Å². The zero-order chi connectivity index (χ0) is 17.6. The molecule has 130 valence electrons. The predicted octanol–water partition coefficient (Wildman–Crippen LogP) is 2.64. The smallest absolute Gasteiger partial charge is 0.270 e. The molecule has 0 aliphatic rings. The Hall–Kier alpha value is -2.86. The summed E-state index contributed by atoms with van der Waals surface area (Å²) in [5.74, 6) is -0.145. The lowest BCUT2D eigenvalue weighted by Gasteiger charge is -2.08. The lowest BCUT2D eigenvalue weighted by molar-refractivity contribution is 0.0941. The second-order valence-corrected chi connectivity index (χ2v) is 5.77. The van der Waals surface area contributed by atoms with E-state index in [1.165, 1.54) is 0 Å². The van der Waals surface area contributed by atoms with Crippen molar-refractivity contribution in [2.75, 3.05) is 20.3 Å². The van der Waals surface area contributed by atoms with Gasteiger partial charge in [-0.3, -0.25) is 4.79 Å². The van der Waals surface area contributed by atoms with Gasteiger partial charge in [-0.25, -0.2) is 4.68 Å². The number of carbonyl (C=O) groups excluding carboxylic acids is 1. The van der Waals surface area contributed by atoms with Gasteiger partial charge in [0.2, 0.25) is 0 Å². The summed E-state index contributed by atoms with van der Waals surface area (Å²) in [5, 5.41) is 7.59. The van der Waals surface area contributed by atoms with Crippen LogP contribution < -0.4 is 5.32 Å². The van der Waals surface area contributed by atoms with Crippen molar-refractivity contribution in [1.29, 1.82) is 0 Å². The molecule has 1 N–H and O–H groups in total. The molecule has 2 heterocycles. The van der Waals surface area contributed by atoms with Gasteiger partial charge in [0.25, 0.3) is 5.91 Å². The third kappa shape index (κ3) is 3.80. The first-order valence-corrected chi connectivity index (χ1v) is 8.25. The first kappa shape index (κ1) is 17.0.